The largest absolute Gasteiger partial charge is 0.377 e. The third-order valence-electron chi connectivity index (χ3n) is 4.88. The Bertz CT molecular complexity index is 411. The third kappa shape index (κ3) is 3.40. The van der Waals surface area contributed by atoms with Crippen molar-refractivity contribution in [2.24, 2.45) is 5.84 Å². The second-order valence-corrected chi connectivity index (χ2v) is 6.03. The zero-order valence-electron chi connectivity index (χ0n) is 12.8. The van der Waals surface area contributed by atoms with Gasteiger partial charge in [0.1, 0.15) is 0 Å². The fraction of sp³-hybridized carbons (Fsp3) is 0.647. The maximum absolute atomic E-state index is 5.98. The Morgan fingerprint density at radius 2 is 1.85 bits per heavy atom. The molecule has 0 aromatic heterocycles. The van der Waals surface area contributed by atoms with Crippen LogP contribution in [0.15, 0.2) is 24.3 Å². The van der Waals surface area contributed by atoms with E-state index in [1.807, 2.05) is 7.11 Å². The average Bonchev–Trinajstić information content (AvgIpc) is 2.73. The average molecular weight is 276 g/mol. The van der Waals surface area contributed by atoms with Crippen molar-refractivity contribution in [2.45, 2.75) is 63.5 Å². The van der Waals surface area contributed by atoms with Gasteiger partial charge in [-0.15, -0.1) is 0 Å². The molecule has 0 spiro atoms. The molecule has 0 radical (unpaired) electrons. The molecule has 2 rings (SSSR count). The number of methoxy groups -OCH3 is 1. The Kier molecular flexibility index (Phi) is 5.58. The highest BCUT2D eigenvalue weighted by atomic mass is 16.5. The number of rotatable bonds is 5. The summed E-state index contributed by atoms with van der Waals surface area (Å²) in [5, 5.41) is 0. The highest BCUT2D eigenvalue weighted by molar-refractivity contribution is 5.27. The molecular weight excluding hydrogens is 248 g/mol. The van der Waals surface area contributed by atoms with Crippen molar-refractivity contribution in [1.82, 2.24) is 5.43 Å². The van der Waals surface area contributed by atoms with Gasteiger partial charge in [-0.25, -0.2) is 0 Å². The SMILES string of the molecule is COC1(C(Cc2ccccc2C)NN)CCCCCC1. The number of hydrogen-bond donors (Lipinski definition) is 2. The smallest absolute Gasteiger partial charge is 0.0847 e. The van der Waals surface area contributed by atoms with E-state index >= 15 is 0 Å². The van der Waals surface area contributed by atoms with Crippen molar-refractivity contribution in [3.05, 3.63) is 35.4 Å². The normalized spacial score (nSPS) is 20.4. The maximum atomic E-state index is 5.98. The Hall–Kier alpha value is -0.900. The van der Waals surface area contributed by atoms with Crippen molar-refractivity contribution in [1.29, 1.82) is 0 Å². The molecular formula is C17H28N2O. The Balaban J connectivity index is 2.18. The van der Waals surface area contributed by atoms with Crippen LogP contribution in [0.2, 0.25) is 0 Å². The lowest BCUT2D eigenvalue weighted by molar-refractivity contribution is -0.0527. The number of hydrogen-bond acceptors (Lipinski definition) is 3. The summed E-state index contributed by atoms with van der Waals surface area (Å²) in [4.78, 5) is 0. The van der Waals surface area contributed by atoms with Gasteiger partial charge < -0.3 is 4.74 Å². The fourth-order valence-electron chi connectivity index (χ4n) is 3.48. The van der Waals surface area contributed by atoms with Crippen LogP contribution in [0.25, 0.3) is 0 Å². The molecule has 1 fully saturated rings. The highest BCUT2D eigenvalue weighted by Gasteiger charge is 2.38. The molecule has 0 amide bonds. The van der Waals surface area contributed by atoms with Crippen LogP contribution >= 0.6 is 0 Å². The fourth-order valence-corrected chi connectivity index (χ4v) is 3.48. The van der Waals surface area contributed by atoms with Crippen LogP contribution in [-0.2, 0) is 11.2 Å². The second kappa shape index (κ2) is 7.21. The summed E-state index contributed by atoms with van der Waals surface area (Å²) in [6.07, 6.45) is 8.23. The standard InChI is InChI=1S/C17H28N2O/c1-14-9-5-6-10-15(14)13-16(19-18)17(20-2)11-7-3-4-8-12-17/h5-6,9-10,16,19H,3-4,7-8,11-13,18H2,1-2H3. The van der Waals surface area contributed by atoms with Gasteiger partial charge in [-0.05, 0) is 37.3 Å². The van der Waals surface area contributed by atoms with Crippen molar-refractivity contribution in [3.8, 4) is 0 Å². The summed E-state index contributed by atoms with van der Waals surface area (Å²) in [6, 6.07) is 8.71. The van der Waals surface area contributed by atoms with Crippen LogP contribution in [0.4, 0.5) is 0 Å². The van der Waals surface area contributed by atoms with Crippen LogP contribution in [0.3, 0.4) is 0 Å². The molecule has 1 saturated carbocycles. The summed E-state index contributed by atoms with van der Waals surface area (Å²) in [5.74, 6) is 5.88. The monoisotopic (exact) mass is 276 g/mol. The molecule has 3 heteroatoms. The van der Waals surface area contributed by atoms with Gasteiger partial charge in [0.2, 0.25) is 0 Å². The molecule has 0 bridgehead atoms. The van der Waals surface area contributed by atoms with Crippen LogP contribution in [-0.4, -0.2) is 18.8 Å². The van der Waals surface area contributed by atoms with Gasteiger partial charge in [0.15, 0.2) is 0 Å². The zero-order chi connectivity index (χ0) is 14.4. The molecule has 1 aromatic carbocycles. The molecule has 1 aromatic rings. The number of benzene rings is 1. The maximum Gasteiger partial charge on any atom is 0.0847 e. The molecule has 1 atom stereocenters. The van der Waals surface area contributed by atoms with E-state index in [0.29, 0.717) is 0 Å². The third-order valence-corrected chi connectivity index (χ3v) is 4.88. The summed E-state index contributed by atoms with van der Waals surface area (Å²) in [5.41, 5.74) is 5.61. The first-order valence-corrected chi connectivity index (χ1v) is 7.77. The number of nitrogens with one attached hydrogen (secondary N) is 1. The predicted octanol–water partition coefficient (Wildman–Crippen LogP) is 3.11. The molecule has 112 valence electrons. The topological polar surface area (TPSA) is 47.3 Å². The van der Waals surface area contributed by atoms with Gasteiger partial charge in [-0.1, -0.05) is 49.9 Å². The second-order valence-electron chi connectivity index (χ2n) is 6.03. The van der Waals surface area contributed by atoms with E-state index in [0.717, 1.165) is 19.3 Å². The molecule has 20 heavy (non-hydrogen) atoms. The minimum absolute atomic E-state index is 0.118. The van der Waals surface area contributed by atoms with Crippen LogP contribution in [0.1, 0.15) is 49.7 Å². The first-order chi connectivity index (χ1) is 9.72. The molecule has 1 unspecified atom stereocenters. The van der Waals surface area contributed by atoms with Crippen molar-refractivity contribution >= 4 is 0 Å². The van der Waals surface area contributed by atoms with E-state index in [4.69, 9.17) is 10.6 Å². The molecule has 3 nitrogen and oxygen atoms in total. The van der Waals surface area contributed by atoms with Crippen molar-refractivity contribution < 1.29 is 4.74 Å². The molecule has 0 heterocycles. The summed E-state index contributed by atoms with van der Waals surface area (Å²) >= 11 is 0. The first kappa shape index (κ1) is 15.5. The van der Waals surface area contributed by atoms with Gasteiger partial charge in [-0.3, -0.25) is 11.3 Å². The van der Waals surface area contributed by atoms with Crippen molar-refractivity contribution in [3.63, 3.8) is 0 Å². The first-order valence-electron chi connectivity index (χ1n) is 7.77. The summed E-state index contributed by atoms with van der Waals surface area (Å²) in [6.45, 7) is 2.16. The summed E-state index contributed by atoms with van der Waals surface area (Å²) < 4.78 is 5.98. The molecule has 0 aliphatic heterocycles. The van der Waals surface area contributed by atoms with Crippen LogP contribution < -0.4 is 11.3 Å². The Morgan fingerprint density at radius 3 is 2.40 bits per heavy atom. The van der Waals surface area contributed by atoms with E-state index in [2.05, 4.69) is 36.6 Å². The minimum Gasteiger partial charge on any atom is -0.377 e. The number of nitrogens with two attached hydrogens (primary N) is 1. The minimum atomic E-state index is -0.118. The van der Waals surface area contributed by atoms with Gasteiger partial charge >= 0.3 is 0 Å². The molecule has 1 aliphatic carbocycles. The van der Waals surface area contributed by atoms with Gasteiger partial charge in [0.05, 0.1) is 11.6 Å². The molecule has 0 saturated heterocycles. The Labute approximate surface area is 122 Å². The van der Waals surface area contributed by atoms with Crippen LogP contribution in [0, 0.1) is 6.92 Å². The van der Waals surface area contributed by atoms with E-state index in [9.17, 15) is 0 Å². The van der Waals surface area contributed by atoms with E-state index < -0.39 is 0 Å². The summed E-state index contributed by atoms with van der Waals surface area (Å²) in [7, 11) is 1.84. The van der Waals surface area contributed by atoms with E-state index in [-0.39, 0.29) is 11.6 Å². The molecule has 1 aliphatic rings. The van der Waals surface area contributed by atoms with E-state index in [1.165, 1.54) is 36.8 Å². The Morgan fingerprint density at radius 1 is 1.20 bits per heavy atom. The number of ether oxygens (including phenoxy) is 1. The van der Waals surface area contributed by atoms with Gasteiger partial charge in [-0.2, -0.15) is 0 Å². The lowest BCUT2D eigenvalue weighted by Gasteiger charge is -2.39. The van der Waals surface area contributed by atoms with Gasteiger partial charge in [0, 0.05) is 7.11 Å². The quantitative estimate of drug-likeness (QED) is 0.493. The number of aryl methyl sites for hydroxylation is 1. The van der Waals surface area contributed by atoms with Gasteiger partial charge in [0.25, 0.3) is 0 Å². The number of hydrazine groups is 1. The lowest BCUT2D eigenvalue weighted by atomic mass is 9.82. The predicted molar refractivity (Wildman–Crippen MR) is 83.4 cm³/mol. The highest BCUT2D eigenvalue weighted by Crippen LogP contribution is 2.34. The lowest BCUT2D eigenvalue weighted by Crippen LogP contribution is -2.55. The van der Waals surface area contributed by atoms with Crippen LogP contribution in [0.5, 0.6) is 0 Å². The van der Waals surface area contributed by atoms with E-state index in [1.54, 1.807) is 0 Å². The zero-order valence-corrected chi connectivity index (χ0v) is 12.8. The van der Waals surface area contributed by atoms with Crippen molar-refractivity contribution in [2.75, 3.05) is 7.11 Å². The molecule has 3 N–H and O–H groups in total.